The SMILES string of the molecule is CC(=O)Oc1ccc(N2C(=O)C(CCC(OC(C)=O)c3ccc(F)cc3)C2c2ccc(-c3ccc(C#CCC(C(=O)OCc4ccccc4)C(=O)OCc4ccccc4)cc3)cc2OCc2ccccc2)cc1. The van der Waals surface area contributed by atoms with Crippen molar-refractivity contribution in [1.82, 2.24) is 0 Å². The van der Waals surface area contributed by atoms with E-state index in [2.05, 4.69) is 11.8 Å². The minimum Gasteiger partial charge on any atom is -0.489 e. The topological polar surface area (TPSA) is 135 Å². The Bertz CT molecular complexity index is 3030. The van der Waals surface area contributed by atoms with Crippen LogP contribution in [-0.4, -0.2) is 29.8 Å². The number of β-lactam (4-membered cyclic amide) rings is 1. The predicted octanol–water partition coefficient (Wildman–Crippen LogP) is 11.6. The Hall–Kier alpha value is -8.82. The number of nitrogens with zero attached hydrogens (tertiary/aromatic N) is 1. The zero-order valence-corrected chi connectivity index (χ0v) is 40.3. The van der Waals surface area contributed by atoms with Crippen LogP contribution in [0, 0.1) is 29.5 Å². The van der Waals surface area contributed by atoms with E-state index in [0.29, 0.717) is 34.7 Å². The highest BCUT2D eigenvalue weighted by molar-refractivity contribution is 6.03. The molecule has 0 aromatic heterocycles. The van der Waals surface area contributed by atoms with Gasteiger partial charge in [0.2, 0.25) is 5.91 Å². The van der Waals surface area contributed by atoms with Gasteiger partial charge in [-0.05, 0) is 101 Å². The maximum atomic E-state index is 14.4. The van der Waals surface area contributed by atoms with Crippen LogP contribution in [0.25, 0.3) is 11.1 Å². The summed E-state index contributed by atoms with van der Waals surface area (Å²) in [6.45, 7) is 2.85. The number of hydrogen-bond donors (Lipinski definition) is 0. The molecule has 1 fully saturated rings. The fraction of sp³-hybridized carbons (Fsp3) is 0.197. The lowest BCUT2D eigenvalue weighted by Crippen LogP contribution is -2.55. The molecule has 3 unspecified atom stereocenters. The molecule has 0 bridgehead atoms. The van der Waals surface area contributed by atoms with Gasteiger partial charge in [-0.25, -0.2) is 4.39 Å². The van der Waals surface area contributed by atoms with Crippen molar-refractivity contribution in [3.05, 3.63) is 221 Å². The van der Waals surface area contributed by atoms with E-state index in [1.54, 1.807) is 41.3 Å². The monoisotopic (exact) mass is 977 g/mol. The number of benzene rings is 7. The quantitative estimate of drug-likeness (QED) is 0.0192. The second-order valence-electron chi connectivity index (χ2n) is 17.4. The van der Waals surface area contributed by atoms with Crippen molar-refractivity contribution in [3.8, 4) is 34.5 Å². The van der Waals surface area contributed by atoms with Gasteiger partial charge in [0.1, 0.15) is 43.2 Å². The van der Waals surface area contributed by atoms with Crippen LogP contribution >= 0.6 is 0 Å². The summed E-state index contributed by atoms with van der Waals surface area (Å²) in [5.41, 5.74) is 6.72. The Morgan fingerprint density at radius 2 is 1.19 bits per heavy atom. The van der Waals surface area contributed by atoms with Crippen molar-refractivity contribution in [3.63, 3.8) is 0 Å². The van der Waals surface area contributed by atoms with Gasteiger partial charge in [0.15, 0.2) is 5.92 Å². The van der Waals surface area contributed by atoms with Crippen molar-refractivity contribution in [1.29, 1.82) is 0 Å². The van der Waals surface area contributed by atoms with E-state index < -0.39 is 53.7 Å². The zero-order chi connectivity index (χ0) is 51.1. The highest BCUT2D eigenvalue weighted by atomic mass is 19.1. The summed E-state index contributed by atoms with van der Waals surface area (Å²) in [5.74, 6) is 2.09. The molecule has 1 heterocycles. The Morgan fingerprint density at radius 3 is 1.75 bits per heavy atom. The molecule has 1 amide bonds. The van der Waals surface area contributed by atoms with Crippen molar-refractivity contribution in [2.75, 3.05) is 4.90 Å². The number of carbonyl (C=O) groups is 5. The fourth-order valence-electron chi connectivity index (χ4n) is 8.56. The van der Waals surface area contributed by atoms with E-state index >= 15 is 0 Å². The molecular formula is C61H52FNO10. The Kier molecular flexibility index (Phi) is 16.9. The van der Waals surface area contributed by atoms with Crippen molar-refractivity contribution in [2.24, 2.45) is 11.8 Å². The molecule has 0 aliphatic carbocycles. The number of esters is 4. The molecule has 11 nitrogen and oxygen atoms in total. The van der Waals surface area contributed by atoms with Gasteiger partial charge < -0.3 is 28.6 Å². The molecule has 1 saturated heterocycles. The second-order valence-corrected chi connectivity index (χ2v) is 17.4. The van der Waals surface area contributed by atoms with Crippen LogP contribution in [0.1, 0.15) is 78.6 Å². The molecule has 0 saturated carbocycles. The number of rotatable bonds is 19. The van der Waals surface area contributed by atoms with Gasteiger partial charge in [-0.15, -0.1) is 0 Å². The molecule has 12 heteroatoms. The van der Waals surface area contributed by atoms with Crippen LogP contribution in [0.4, 0.5) is 10.1 Å². The highest BCUT2D eigenvalue weighted by Crippen LogP contribution is 2.50. The van der Waals surface area contributed by atoms with Crippen molar-refractivity contribution in [2.45, 2.75) is 65.1 Å². The number of halogens is 1. The number of hydrogen-bond acceptors (Lipinski definition) is 10. The normalized spacial score (nSPS) is 14.2. The molecule has 0 spiro atoms. The molecule has 0 N–H and O–H groups in total. The molecule has 7 aromatic carbocycles. The van der Waals surface area contributed by atoms with Crippen LogP contribution in [0.2, 0.25) is 0 Å². The number of ether oxygens (including phenoxy) is 5. The van der Waals surface area contributed by atoms with E-state index in [-0.39, 0.29) is 38.6 Å². The minimum absolute atomic E-state index is 0.00162. The maximum Gasteiger partial charge on any atom is 0.321 e. The van der Waals surface area contributed by atoms with Gasteiger partial charge in [-0.3, -0.25) is 24.0 Å². The summed E-state index contributed by atoms with van der Waals surface area (Å²) in [5, 5.41) is 0. The highest BCUT2D eigenvalue weighted by Gasteiger charge is 2.50. The van der Waals surface area contributed by atoms with E-state index in [1.807, 2.05) is 133 Å². The van der Waals surface area contributed by atoms with Gasteiger partial charge in [-0.1, -0.05) is 139 Å². The largest absolute Gasteiger partial charge is 0.489 e. The predicted molar refractivity (Wildman–Crippen MR) is 272 cm³/mol. The molecule has 1 aliphatic rings. The van der Waals surface area contributed by atoms with Gasteiger partial charge >= 0.3 is 23.9 Å². The fourth-order valence-corrected chi connectivity index (χ4v) is 8.56. The lowest BCUT2D eigenvalue weighted by atomic mass is 9.77. The Morgan fingerprint density at radius 1 is 0.630 bits per heavy atom. The van der Waals surface area contributed by atoms with Crippen molar-refractivity contribution < 1.29 is 52.0 Å². The first-order valence-corrected chi connectivity index (χ1v) is 23.8. The third kappa shape index (κ3) is 13.5. The molecule has 73 heavy (non-hydrogen) atoms. The Labute approximate surface area is 423 Å². The molecular weight excluding hydrogens is 926 g/mol. The lowest BCUT2D eigenvalue weighted by molar-refractivity contribution is -0.163. The lowest BCUT2D eigenvalue weighted by Gasteiger charge is -2.48. The van der Waals surface area contributed by atoms with E-state index in [0.717, 1.165) is 33.4 Å². The third-order valence-corrected chi connectivity index (χ3v) is 12.2. The summed E-state index contributed by atoms with van der Waals surface area (Å²) < 4.78 is 42.7. The summed E-state index contributed by atoms with van der Waals surface area (Å²) in [6, 6.07) is 53.4. The van der Waals surface area contributed by atoms with Gasteiger partial charge in [-0.2, -0.15) is 0 Å². The third-order valence-electron chi connectivity index (χ3n) is 12.2. The average molecular weight is 978 g/mol. The standard InChI is InChI=1S/C61H52FNO10/c1-41(64)72-52-32-30-51(31-33-52)63-58(54(59(63)66)35-36-56(73-42(2)65)48-25-28-50(62)29-26-48)53-34-27-49(37-57(53)69-38-44-13-6-3-7-14-44)47-23-21-43(22-24-47)19-12-20-55(60(67)70-39-45-15-8-4-9-16-45)61(68)71-40-46-17-10-5-11-18-46/h3-11,13-18,21-34,37,54-56,58H,20,35-36,38-40H2,1-2H3. The summed E-state index contributed by atoms with van der Waals surface area (Å²) in [7, 11) is 0. The second kappa shape index (κ2) is 24.3. The minimum atomic E-state index is -1.27. The van der Waals surface area contributed by atoms with Gasteiger partial charge in [0.25, 0.3) is 0 Å². The van der Waals surface area contributed by atoms with Crippen LogP contribution in [0.5, 0.6) is 11.5 Å². The molecule has 368 valence electrons. The summed E-state index contributed by atoms with van der Waals surface area (Å²) in [6.07, 6.45) is -0.256. The maximum absolute atomic E-state index is 14.4. The molecule has 0 radical (unpaired) electrons. The van der Waals surface area contributed by atoms with E-state index in [4.69, 9.17) is 23.7 Å². The smallest absolute Gasteiger partial charge is 0.321 e. The van der Waals surface area contributed by atoms with Crippen LogP contribution in [-0.2, 0) is 58.0 Å². The molecule has 8 rings (SSSR count). The first-order valence-electron chi connectivity index (χ1n) is 23.8. The molecule has 3 atom stereocenters. The zero-order valence-electron chi connectivity index (χ0n) is 40.3. The van der Waals surface area contributed by atoms with Gasteiger partial charge in [0.05, 0.1) is 12.0 Å². The number of amides is 1. The van der Waals surface area contributed by atoms with Crippen LogP contribution in [0.3, 0.4) is 0 Å². The number of carbonyl (C=O) groups excluding carboxylic acids is 5. The van der Waals surface area contributed by atoms with Crippen LogP contribution < -0.4 is 14.4 Å². The van der Waals surface area contributed by atoms with E-state index in [9.17, 15) is 28.4 Å². The van der Waals surface area contributed by atoms with Gasteiger partial charge in [0, 0.05) is 37.1 Å². The summed E-state index contributed by atoms with van der Waals surface area (Å²) >= 11 is 0. The summed E-state index contributed by atoms with van der Waals surface area (Å²) in [4.78, 5) is 66.7. The number of anilines is 1. The van der Waals surface area contributed by atoms with Crippen LogP contribution in [0.15, 0.2) is 182 Å². The molecule has 1 aliphatic heterocycles. The Balaban J connectivity index is 1.06. The first kappa shape index (κ1) is 50.6. The van der Waals surface area contributed by atoms with Crippen molar-refractivity contribution >= 4 is 35.5 Å². The average Bonchev–Trinajstić information content (AvgIpc) is 3.40. The van der Waals surface area contributed by atoms with E-state index in [1.165, 1.54) is 26.0 Å². The first-order chi connectivity index (χ1) is 35.5. The molecule has 7 aromatic rings.